The van der Waals surface area contributed by atoms with Crippen LogP contribution in [0.15, 0.2) is 11.6 Å². The predicted octanol–water partition coefficient (Wildman–Crippen LogP) is 2.34. The van der Waals surface area contributed by atoms with Gasteiger partial charge in [0.25, 0.3) is 0 Å². The van der Waals surface area contributed by atoms with Gasteiger partial charge in [0.1, 0.15) is 0 Å². The average Bonchev–Trinajstić information content (AvgIpc) is 2.05. The third-order valence-corrected chi connectivity index (χ3v) is 2.60. The summed E-state index contributed by atoms with van der Waals surface area (Å²) in [6.45, 7) is 4.57. The Morgan fingerprint density at radius 3 is 2.64 bits per heavy atom. The van der Waals surface area contributed by atoms with Gasteiger partial charge in [-0.3, -0.25) is 0 Å². The van der Waals surface area contributed by atoms with E-state index in [0.717, 1.165) is 12.0 Å². The van der Waals surface area contributed by atoms with Crippen molar-refractivity contribution >= 4 is 0 Å². The van der Waals surface area contributed by atoms with Crippen molar-refractivity contribution in [2.75, 3.05) is 7.05 Å². The normalized spacial score (nSPS) is 25.5. The minimum absolute atomic E-state index is 0.734. The third kappa shape index (κ3) is 2.33. The molecule has 1 nitrogen and oxygen atoms in total. The molecule has 0 fully saturated rings. The van der Waals surface area contributed by atoms with Crippen LogP contribution in [0.2, 0.25) is 0 Å². The van der Waals surface area contributed by atoms with Crippen molar-refractivity contribution in [3.05, 3.63) is 11.6 Å². The highest BCUT2D eigenvalue weighted by Crippen LogP contribution is 2.23. The van der Waals surface area contributed by atoms with Gasteiger partial charge in [-0.1, -0.05) is 25.5 Å². The van der Waals surface area contributed by atoms with E-state index in [-0.39, 0.29) is 0 Å². The monoisotopic (exact) mass is 153 g/mol. The molecule has 0 aromatic heterocycles. The van der Waals surface area contributed by atoms with Gasteiger partial charge in [-0.15, -0.1) is 0 Å². The van der Waals surface area contributed by atoms with Crippen LogP contribution in [0.4, 0.5) is 0 Å². The van der Waals surface area contributed by atoms with Crippen molar-refractivity contribution in [2.45, 2.75) is 39.2 Å². The lowest BCUT2D eigenvalue weighted by Crippen LogP contribution is -2.27. The van der Waals surface area contributed by atoms with Crippen LogP contribution >= 0.6 is 0 Å². The zero-order valence-electron chi connectivity index (χ0n) is 7.85. The highest BCUT2D eigenvalue weighted by atomic mass is 14.9. The maximum absolute atomic E-state index is 3.32. The first-order chi connectivity index (χ1) is 5.24. The lowest BCUT2D eigenvalue weighted by Gasteiger charge is -2.23. The van der Waals surface area contributed by atoms with Gasteiger partial charge in [-0.2, -0.15) is 0 Å². The maximum Gasteiger partial charge on any atom is 0.0102 e. The zero-order valence-corrected chi connectivity index (χ0v) is 7.85. The Morgan fingerprint density at radius 2 is 2.27 bits per heavy atom. The van der Waals surface area contributed by atoms with E-state index < -0.39 is 0 Å². The predicted molar refractivity (Wildman–Crippen MR) is 49.6 cm³/mol. The van der Waals surface area contributed by atoms with Crippen LogP contribution < -0.4 is 5.32 Å². The molecule has 64 valence electrons. The molecule has 1 rings (SSSR count). The average molecular weight is 153 g/mol. The van der Waals surface area contributed by atoms with Gasteiger partial charge in [0.15, 0.2) is 0 Å². The fraction of sp³-hybridized carbons (Fsp3) is 0.800. The summed E-state index contributed by atoms with van der Waals surface area (Å²) < 4.78 is 0. The summed E-state index contributed by atoms with van der Waals surface area (Å²) in [5.41, 5.74) is 1.65. The molecule has 0 saturated heterocycles. The first-order valence-corrected chi connectivity index (χ1v) is 4.60. The Bertz CT molecular complexity index is 147. The maximum atomic E-state index is 3.32. The van der Waals surface area contributed by atoms with Crippen molar-refractivity contribution < 1.29 is 0 Å². The lowest BCUT2D eigenvalue weighted by atomic mass is 9.89. The van der Waals surface area contributed by atoms with E-state index in [1.807, 2.05) is 0 Å². The molecule has 0 radical (unpaired) electrons. The van der Waals surface area contributed by atoms with Gasteiger partial charge in [-0.05, 0) is 32.2 Å². The highest BCUT2D eigenvalue weighted by Gasteiger charge is 2.13. The second kappa shape index (κ2) is 3.91. The van der Waals surface area contributed by atoms with E-state index in [0.29, 0.717) is 0 Å². The van der Waals surface area contributed by atoms with Crippen LogP contribution in [-0.2, 0) is 0 Å². The number of allylic oxidation sites excluding steroid dienone is 1. The summed E-state index contributed by atoms with van der Waals surface area (Å²) in [6.07, 6.45) is 6.25. The zero-order chi connectivity index (χ0) is 8.27. The van der Waals surface area contributed by atoms with Gasteiger partial charge >= 0.3 is 0 Å². The second-order valence-corrected chi connectivity index (χ2v) is 3.69. The molecule has 0 aliphatic heterocycles. The van der Waals surface area contributed by atoms with E-state index in [1.54, 1.807) is 5.57 Å². The van der Waals surface area contributed by atoms with Gasteiger partial charge in [0.2, 0.25) is 0 Å². The molecule has 1 aliphatic rings. The molecule has 0 saturated carbocycles. The van der Waals surface area contributed by atoms with E-state index in [9.17, 15) is 0 Å². The first-order valence-electron chi connectivity index (χ1n) is 4.60. The Labute approximate surface area is 69.9 Å². The van der Waals surface area contributed by atoms with E-state index in [1.165, 1.54) is 19.3 Å². The van der Waals surface area contributed by atoms with Gasteiger partial charge in [-0.25, -0.2) is 0 Å². The third-order valence-electron chi connectivity index (χ3n) is 2.60. The largest absolute Gasteiger partial charge is 0.317 e. The van der Waals surface area contributed by atoms with Crippen LogP contribution in [0.25, 0.3) is 0 Å². The molecule has 0 heterocycles. The van der Waals surface area contributed by atoms with Crippen molar-refractivity contribution in [1.29, 1.82) is 0 Å². The molecule has 1 heteroatoms. The summed E-state index contributed by atoms with van der Waals surface area (Å²) in [6, 6.07) is 0.734. The molecular formula is C10H19N. The molecule has 0 bridgehead atoms. The Kier molecular flexibility index (Phi) is 3.13. The molecule has 0 aromatic rings. The fourth-order valence-corrected chi connectivity index (χ4v) is 1.64. The molecular weight excluding hydrogens is 134 g/mol. The quantitative estimate of drug-likeness (QED) is 0.600. The summed E-state index contributed by atoms with van der Waals surface area (Å²) >= 11 is 0. The molecule has 1 atom stereocenters. The Morgan fingerprint density at radius 1 is 1.55 bits per heavy atom. The minimum Gasteiger partial charge on any atom is -0.317 e. The standard InChI is InChI=1S/C10H19N/c1-8(2)9-4-6-10(11-3)7-5-9/h4,8,10-11H,5-7H2,1-3H3/t10-/m0/s1. The van der Waals surface area contributed by atoms with E-state index in [4.69, 9.17) is 0 Å². The highest BCUT2D eigenvalue weighted by molar-refractivity contribution is 5.09. The van der Waals surface area contributed by atoms with Crippen LogP contribution in [0.3, 0.4) is 0 Å². The number of rotatable bonds is 2. The molecule has 1 aliphatic carbocycles. The number of hydrogen-bond donors (Lipinski definition) is 1. The molecule has 0 unspecified atom stereocenters. The van der Waals surface area contributed by atoms with Crippen LogP contribution in [0.1, 0.15) is 33.1 Å². The van der Waals surface area contributed by atoms with Gasteiger partial charge < -0.3 is 5.32 Å². The molecule has 0 aromatic carbocycles. The summed E-state index contributed by atoms with van der Waals surface area (Å²) in [5, 5.41) is 3.32. The molecule has 0 spiro atoms. The van der Waals surface area contributed by atoms with Crippen molar-refractivity contribution in [3.8, 4) is 0 Å². The van der Waals surface area contributed by atoms with Gasteiger partial charge in [0, 0.05) is 6.04 Å². The van der Waals surface area contributed by atoms with Crippen molar-refractivity contribution in [1.82, 2.24) is 5.32 Å². The number of hydrogen-bond acceptors (Lipinski definition) is 1. The van der Waals surface area contributed by atoms with Crippen molar-refractivity contribution in [3.63, 3.8) is 0 Å². The second-order valence-electron chi connectivity index (χ2n) is 3.69. The molecule has 11 heavy (non-hydrogen) atoms. The Hall–Kier alpha value is -0.300. The van der Waals surface area contributed by atoms with E-state index in [2.05, 4.69) is 32.3 Å². The number of nitrogens with one attached hydrogen (secondary N) is 1. The minimum atomic E-state index is 0.734. The summed E-state index contributed by atoms with van der Waals surface area (Å²) in [4.78, 5) is 0. The van der Waals surface area contributed by atoms with Gasteiger partial charge in [0.05, 0.1) is 0 Å². The Balaban J connectivity index is 2.44. The van der Waals surface area contributed by atoms with Crippen LogP contribution in [0.5, 0.6) is 0 Å². The van der Waals surface area contributed by atoms with E-state index >= 15 is 0 Å². The SMILES string of the molecule is CN[C@H]1CC=C(C(C)C)CC1. The molecule has 0 amide bonds. The lowest BCUT2D eigenvalue weighted by molar-refractivity contribution is 0.487. The topological polar surface area (TPSA) is 12.0 Å². The smallest absolute Gasteiger partial charge is 0.0102 e. The fourth-order valence-electron chi connectivity index (χ4n) is 1.64. The summed E-state index contributed by atoms with van der Waals surface area (Å²) in [5.74, 6) is 0.757. The first kappa shape index (κ1) is 8.79. The summed E-state index contributed by atoms with van der Waals surface area (Å²) in [7, 11) is 2.05. The van der Waals surface area contributed by atoms with Crippen molar-refractivity contribution in [2.24, 2.45) is 5.92 Å². The molecule has 1 N–H and O–H groups in total. The van der Waals surface area contributed by atoms with Crippen LogP contribution in [-0.4, -0.2) is 13.1 Å². The van der Waals surface area contributed by atoms with Crippen LogP contribution in [0, 0.1) is 5.92 Å².